The number of hydrogen-bond acceptors (Lipinski definition) is 3. The maximum atomic E-state index is 12.8. The Hall–Kier alpha value is -1.36. The molecule has 0 saturated carbocycles. The fourth-order valence-corrected chi connectivity index (χ4v) is 2.27. The van der Waals surface area contributed by atoms with Crippen molar-refractivity contribution >= 4 is 22.9 Å². The van der Waals surface area contributed by atoms with E-state index in [1.807, 2.05) is 0 Å². The summed E-state index contributed by atoms with van der Waals surface area (Å²) >= 11 is 0.952. The molecule has 0 bridgehead atoms. The van der Waals surface area contributed by atoms with Crippen LogP contribution in [0.3, 0.4) is 0 Å². The van der Waals surface area contributed by atoms with E-state index in [-0.39, 0.29) is 17.0 Å². The average molecular weight is 225 g/mol. The van der Waals surface area contributed by atoms with E-state index in [4.69, 9.17) is 0 Å². The lowest BCUT2D eigenvalue weighted by Gasteiger charge is -2.04. The van der Waals surface area contributed by atoms with Crippen LogP contribution in [0, 0.1) is 5.82 Å². The van der Waals surface area contributed by atoms with Crippen molar-refractivity contribution < 1.29 is 14.0 Å². The van der Waals surface area contributed by atoms with Gasteiger partial charge in [-0.15, -0.1) is 0 Å². The molecule has 5 heteroatoms. The fourth-order valence-electron chi connectivity index (χ4n) is 1.41. The summed E-state index contributed by atoms with van der Waals surface area (Å²) in [6.45, 7) is 0. The molecule has 0 aliphatic carbocycles. The molecule has 0 radical (unpaired) electrons. The first-order chi connectivity index (χ1) is 7.15. The molecule has 1 fully saturated rings. The van der Waals surface area contributed by atoms with Crippen molar-refractivity contribution in [3.63, 3.8) is 0 Å². The Labute approximate surface area is 90.0 Å². The molecule has 1 unspecified atom stereocenters. The highest BCUT2D eigenvalue weighted by Crippen LogP contribution is 2.22. The van der Waals surface area contributed by atoms with E-state index in [9.17, 15) is 14.0 Å². The molecule has 1 N–H and O–H groups in total. The summed E-state index contributed by atoms with van der Waals surface area (Å²) < 4.78 is 12.8. The summed E-state index contributed by atoms with van der Waals surface area (Å²) in [6, 6.07) is 6.04. The minimum atomic E-state index is -0.431. The lowest BCUT2D eigenvalue weighted by atomic mass is 10.1. The first-order valence-electron chi connectivity index (χ1n) is 4.41. The Balaban J connectivity index is 2.09. The highest BCUT2D eigenvalue weighted by Gasteiger charge is 2.31. The summed E-state index contributed by atoms with van der Waals surface area (Å²) in [5, 5.41) is 1.43. The van der Waals surface area contributed by atoms with Crippen molar-refractivity contribution in [1.29, 1.82) is 0 Å². The maximum Gasteiger partial charge on any atom is 0.286 e. The monoisotopic (exact) mass is 225 g/mol. The smallest absolute Gasteiger partial charge is 0.286 e. The minimum absolute atomic E-state index is 0.297. The molecular weight excluding hydrogens is 217 g/mol. The van der Waals surface area contributed by atoms with E-state index in [2.05, 4.69) is 5.32 Å². The number of imide groups is 1. The van der Waals surface area contributed by atoms with Crippen molar-refractivity contribution in [2.75, 3.05) is 0 Å². The summed E-state index contributed by atoms with van der Waals surface area (Å²) in [4.78, 5) is 22.1. The number of thioether (sulfide) groups is 1. The van der Waals surface area contributed by atoms with Gasteiger partial charge in [0.15, 0.2) is 0 Å². The molecule has 1 aromatic carbocycles. The standard InChI is InChI=1S/C10H8FNO2S/c11-7-3-1-2-6(4-7)5-8-9(13)12-10(14)15-8/h1-4,8H,5H2,(H,12,13,14). The van der Waals surface area contributed by atoms with Gasteiger partial charge in [-0.3, -0.25) is 14.9 Å². The Morgan fingerprint density at radius 1 is 1.40 bits per heavy atom. The highest BCUT2D eigenvalue weighted by molar-refractivity contribution is 8.15. The third-order valence-electron chi connectivity index (χ3n) is 2.08. The summed E-state index contributed by atoms with van der Waals surface area (Å²) in [7, 11) is 0. The summed E-state index contributed by atoms with van der Waals surface area (Å²) in [6.07, 6.45) is 0.375. The van der Waals surface area contributed by atoms with E-state index in [1.54, 1.807) is 12.1 Å². The van der Waals surface area contributed by atoms with E-state index in [0.29, 0.717) is 6.42 Å². The summed E-state index contributed by atoms with van der Waals surface area (Å²) in [5.74, 6) is -0.628. The molecule has 1 aliphatic rings. The molecule has 1 aliphatic heterocycles. The zero-order valence-corrected chi connectivity index (χ0v) is 8.51. The van der Waals surface area contributed by atoms with Crippen molar-refractivity contribution in [3.05, 3.63) is 35.6 Å². The van der Waals surface area contributed by atoms with Crippen LogP contribution in [0.1, 0.15) is 5.56 Å². The fraction of sp³-hybridized carbons (Fsp3) is 0.200. The van der Waals surface area contributed by atoms with Crippen LogP contribution in [0.15, 0.2) is 24.3 Å². The number of rotatable bonds is 2. The lowest BCUT2D eigenvalue weighted by molar-refractivity contribution is -0.118. The highest BCUT2D eigenvalue weighted by atomic mass is 32.2. The van der Waals surface area contributed by atoms with Gasteiger partial charge in [0.25, 0.3) is 5.24 Å². The molecule has 0 spiro atoms. The number of carbonyl (C=O) groups excluding carboxylic acids is 2. The van der Waals surface area contributed by atoms with Crippen molar-refractivity contribution in [2.45, 2.75) is 11.7 Å². The van der Waals surface area contributed by atoms with Gasteiger partial charge in [0, 0.05) is 0 Å². The molecule has 2 amide bonds. The van der Waals surface area contributed by atoms with Crippen LogP contribution >= 0.6 is 11.8 Å². The first kappa shape index (κ1) is 10.2. The number of carbonyl (C=O) groups is 2. The van der Waals surface area contributed by atoms with Crippen LogP contribution in [0.4, 0.5) is 9.18 Å². The van der Waals surface area contributed by atoms with Crippen LogP contribution in [-0.2, 0) is 11.2 Å². The Kier molecular flexibility index (Phi) is 2.73. The van der Waals surface area contributed by atoms with E-state index in [1.165, 1.54) is 12.1 Å². The van der Waals surface area contributed by atoms with Gasteiger partial charge in [-0.05, 0) is 24.1 Å². The number of hydrogen-bond donors (Lipinski definition) is 1. The molecule has 1 atom stereocenters. The van der Waals surface area contributed by atoms with Crippen LogP contribution in [0.2, 0.25) is 0 Å². The molecular formula is C10H8FNO2S. The number of nitrogens with one attached hydrogen (secondary N) is 1. The second kappa shape index (κ2) is 4.02. The normalized spacial score (nSPS) is 20.5. The number of amides is 2. The van der Waals surface area contributed by atoms with E-state index in [0.717, 1.165) is 17.3 Å². The van der Waals surface area contributed by atoms with Crippen molar-refractivity contribution in [1.82, 2.24) is 5.32 Å². The molecule has 15 heavy (non-hydrogen) atoms. The molecule has 1 aromatic rings. The molecule has 3 nitrogen and oxygen atoms in total. The lowest BCUT2D eigenvalue weighted by Crippen LogP contribution is -2.25. The molecule has 0 aromatic heterocycles. The predicted octanol–water partition coefficient (Wildman–Crippen LogP) is 1.72. The van der Waals surface area contributed by atoms with Gasteiger partial charge in [-0.25, -0.2) is 4.39 Å². The maximum absolute atomic E-state index is 12.8. The minimum Gasteiger partial charge on any atom is -0.286 e. The quantitative estimate of drug-likeness (QED) is 0.833. The Morgan fingerprint density at radius 3 is 2.80 bits per heavy atom. The van der Waals surface area contributed by atoms with Gasteiger partial charge in [0.2, 0.25) is 5.91 Å². The SMILES string of the molecule is O=C1NC(=O)C(Cc2cccc(F)c2)S1. The third kappa shape index (κ3) is 2.36. The molecule has 1 heterocycles. The van der Waals surface area contributed by atoms with Crippen LogP contribution in [0.5, 0.6) is 0 Å². The summed E-state index contributed by atoms with van der Waals surface area (Å²) in [5.41, 5.74) is 0.720. The number of benzene rings is 1. The van der Waals surface area contributed by atoms with E-state index < -0.39 is 5.25 Å². The molecule has 78 valence electrons. The van der Waals surface area contributed by atoms with Crippen LogP contribution in [-0.4, -0.2) is 16.4 Å². The predicted molar refractivity (Wildman–Crippen MR) is 55.0 cm³/mol. The Morgan fingerprint density at radius 2 is 2.20 bits per heavy atom. The van der Waals surface area contributed by atoms with Gasteiger partial charge in [0.05, 0.1) is 5.25 Å². The topological polar surface area (TPSA) is 46.2 Å². The molecule has 2 rings (SSSR count). The second-order valence-corrected chi connectivity index (χ2v) is 4.39. The zero-order valence-electron chi connectivity index (χ0n) is 7.70. The van der Waals surface area contributed by atoms with Gasteiger partial charge in [0.1, 0.15) is 5.82 Å². The second-order valence-electron chi connectivity index (χ2n) is 3.22. The van der Waals surface area contributed by atoms with Crippen molar-refractivity contribution in [3.8, 4) is 0 Å². The van der Waals surface area contributed by atoms with Crippen molar-refractivity contribution in [2.24, 2.45) is 0 Å². The third-order valence-corrected chi connectivity index (χ3v) is 3.06. The van der Waals surface area contributed by atoms with Crippen LogP contribution < -0.4 is 5.32 Å². The first-order valence-corrected chi connectivity index (χ1v) is 5.29. The average Bonchev–Trinajstić information content (AvgIpc) is 2.45. The zero-order chi connectivity index (χ0) is 10.8. The van der Waals surface area contributed by atoms with Gasteiger partial charge < -0.3 is 0 Å². The number of halogens is 1. The van der Waals surface area contributed by atoms with Gasteiger partial charge in [-0.1, -0.05) is 23.9 Å². The van der Waals surface area contributed by atoms with Crippen LogP contribution in [0.25, 0.3) is 0 Å². The van der Waals surface area contributed by atoms with Gasteiger partial charge >= 0.3 is 0 Å². The molecule has 1 saturated heterocycles. The van der Waals surface area contributed by atoms with E-state index >= 15 is 0 Å². The Bertz CT molecular complexity index is 422. The van der Waals surface area contributed by atoms with Gasteiger partial charge in [-0.2, -0.15) is 0 Å². The largest absolute Gasteiger partial charge is 0.286 e.